The molecule has 0 unspecified atom stereocenters. The monoisotopic (exact) mass is 369 g/mol. The summed E-state index contributed by atoms with van der Waals surface area (Å²) in [6.45, 7) is -0.467. The van der Waals surface area contributed by atoms with Crippen molar-refractivity contribution in [2.45, 2.75) is 6.73 Å². The maximum absolute atomic E-state index is 12.5. The predicted octanol–water partition coefficient (Wildman–Crippen LogP) is 1.58. The van der Waals surface area contributed by atoms with Crippen LogP contribution in [0.3, 0.4) is 0 Å². The molecule has 27 heavy (non-hydrogen) atoms. The van der Waals surface area contributed by atoms with Gasteiger partial charge in [-0.15, -0.1) is 5.10 Å². The molecule has 0 radical (unpaired) electrons. The minimum Gasteiger partial charge on any atom is -0.438 e. The molecule has 0 amide bonds. The first-order chi connectivity index (χ1) is 12.9. The minimum absolute atomic E-state index is 0.0102. The number of non-ortho nitro benzene ring substituents is 1. The van der Waals surface area contributed by atoms with Crippen LogP contribution in [-0.4, -0.2) is 40.0 Å². The number of carbonyl (C=O) groups is 1. The number of benzene rings is 2. The van der Waals surface area contributed by atoms with Gasteiger partial charge in [-0.1, -0.05) is 17.3 Å². The molecular formula is C17H15N5O5. The van der Waals surface area contributed by atoms with Gasteiger partial charge >= 0.3 is 5.97 Å². The van der Waals surface area contributed by atoms with Gasteiger partial charge in [0.05, 0.1) is 21.6 Å². The third-order valence-electron chi connectivity index (χ3n) is 3.84. The van der Waals surface area contributed by atoms with Crippen LogP contribution >= 0.6 is 0 Å². The van der Waals surface area contributed by atoms with Crippen LogP contribution in [0.25, 0.3) is 10.9 Å². The van der Waals surface area contributed by atoms with E-state index in [4.69, 9.17) is 4.74 Å². The van der Waals surface area contributed by atoms with Crippen molar-refractivity contribution < 1.29 is 14.5 Å². The van der Waals surface area contributed by atoms with Crippen LogP contribution in [0.4, 0.5) is 11.4 Å². The van der Waals surface area contributed by atoms with E-state index < -0.39 is 23.2 Å². The van der Waals surface area contributed by atoms with Crippen LogP contribution in [0.1, 0.15) is 10.4 Å². The molecular weight excluding hydrogens is 354 g/mol. The lowest BCUT2D eigenvalue weighted by Crippen LogP contribution is -2.27. The molecule has 2 aromatic carbocycles. The molecule has 0 saturated heterocycles. The van der Waals surface area contributed by atoms with E-state index in [1.165, 1.54) is 12.1 Å². The maximum Gasteiger partial charge on any atom is 0.342 e. The summed E-state index contributed by atoms with van der Waals surface area (Å²) in [7, 11) is 3.38. The van der Waals surface area contributed by atoms with Crippen LogP contribution in [0.2, 0.25) is 0 Å². The molecule has 10 nitrogen and oxygen atoms in total. The summed E-state index contributed by atoms with van der Waals surface area (Å²) >= 11 is 0. The Labute approximate surface area is 152 Å². The normalized spacial score (nSPS) is 10.6. The van der Waals surface area contributed by atoms with E-state index in [9.17, 15) is 19.7 Å². The number of carbonyl (C=O) groups excluding carboxylic acids is 1. The van der Waals surface area contributed by atoms with Gasteiger partial charge in [-0.3, -0.25) is 14.9 Å². The number of anilines is 1. The quantitative estimate of drug-likeness (QED) is 0.378. The first-order valence-electron chi connectivity index (χ1n) is 7.84. The highest BCUT2D eigenvalue weighted by atomic mass is 16.6. The Hall–Kier alpha value is -3.82. The standard InChI is InChI=1S/C17H15N5O5/c1-20(2)15-8-7-11(22(25)26)9-13(15)17(24)27-10-21-16(23)12-5-3-4-6-14(12)18-19-21/h3-9H,10H2,1-2H3. The molecule has 0 bridgehead atoms. The Balaban J connectivity index is 1.88. The summed E-state index contributed by atoms with van der Waals surface area (Å²) in [5, 5.41) is 19.0. The third-order valence-corrected chi connectivity index (χ3v) is 3.84. The van der Waals surface area contributed by atoms with Crippen LogP contribution in [0, 0.1) is 10.1 Å². The first-order valence-corrected chi connectivity index (χ1v) is 7.84. The van der Waals surface area contributed by atoms with E-state index in [1.54, 1.807) is 43.3 Å². The highest BCUT2D eigenvalue weighted by molar-refractivity contribution is 5.96. The average Bonchev–Trinajstić information content (AvgIpc) is 2.66. The zero-order valence-electron chi connectivity index (χ0n) is 14.5. The summed E-state index contributed by atoms with van der Waals surface area (Å²) < 4.78 is 6.05. The van der Waals surface area contributed by atoms with Gasteiger partial charge in [0.1, 0.15) is 5.52 Å². The summed E-state index contributed by atoms with van der Waals surface area (Å²) in [4.78, 5) is 36.8. The number of rotatable bonds is 5. The molecule has 138 valence electrons. The molecule has 0 atom stereocenters. The zero-order valence-corrected chi connectivity index (χ0v) is 14.5. The second-order valence-corrected chi connectivity index (χ2v) is 5.83. The lowest BCUT2D eigenvalue weighted by molar-refractivity contribution is -0.384. The Bertz CT molecular complexity index is 1090. The van der Waals surface area contributed by atoms with Gasteiger partial charge in [-0.25, -0.2) is 4.79 Å². The number of esters is 1. The van der Waals surface area contributed by atoms with Gasteiger partial charge in [-0.2, -0.15) is 4.68 Å². The van der Waals surface area contributed by atoms with E-state index in [-0.39, 0.29) is 11.3 Å². The molecule has 1 heterocycles. The Morgan fingerprint density at radius 1 is 1.26 bits per heavy atom. The lowest BCUT2D eigenvalue weighted by Gasteiger charge is -2.16. The molecule has 3 rings (SSSR count). The minimum atomic E-state index is -0.816. The zero-order chi connectivity index (χ0) is 19.6. The Kier molecular flexibility index (Phi) is 4.79. The Morgan fingerprint density at radius 3 is 2.70 bits per heavy atom. The van der Waals surface area contributed by atoms with Gasteiger partial charge in [0.25, 0.3) is 11.2 Å². The third kappa shape index (κ3) is 3.59. The summed E-state index contributed by atoms with van der Waals surface area (Å²) in [5.74, 6) is -0.816. The van der Waals surface area contributed by atoms with Crippen LogP contribution in [0.5, 0.6) is 0 Å². The summed E-state index contributed by atoms with van der Waals surface area (Å²) in [6.07, 6.45) is 0. The molecule has 1 aromatic heterocycles. The number of nitro benzene ring substituents is 1. The van der Waals surface area contributed by atoms with Gasteiger partial charge in [-0.05, 0) is 18.2 Å². The summed E-state index contributed by atoms with van der Waals surface area (Å²) in [6, 6.07) is 10.5. The van der Waals surface area contributed by atoms with Crippen LogP contribution in [0.15, 0.2) is 47.3 Å². The smallest absolute Gasteiger partial charge is 0.342 e. The SMILES string of the molecule is CN(C)c1ccc([N+](=O)[O-])cc1C(=O)OCn1nnc2ccccc2c1=O. The average molecular weight is 369 g/mol. The van der Waals surface area contributed by atoms with Crippen molar-refractivity contribution in [1.29, 1.82) is 0 Å². The lowest BCUT2D eigenvalue weighted by atomic mass is 10.1. The van der Waals surface area contributed by atoms with Gasteiger partial charge < -0.3 is 9.64 Å². The van der Waals surface area contributed by atoms with E-state index in [0.717, 1.165) is 10.7 Å². The van der Waals surface area contributed by atoms with Crippen molar-refractivity contribution in [3.05, 3.63) is 68.5 Å². The number of fused-ring (bicyclic) bond motifs is 1. The fourth-order valence-electron chi connectivity index (χ4n) is 2.50. The van der Waals surface area contributed by atoms with E-state index in [0.29, 0.717) is 16.6 Å². The molecule has 0 spiro atoms. The second-order valence-electron chi connectivity index (χ2n) is 5.83. The summed E-state index contributed by atoms with van der Waals surface area (Å²) in [5.41, 5.74) is 0.188. The number of ether oxygens (including phenoxy) is 1. The largest absolute Gasteiger partial charge is 0.438 e. The molecule has 10 heteroatoms. The van der Waals surface area contributed by atoms with E-state index in [1.807, 2.05) is 0 Å². The second kappa shape index (κ2) is 7.20. The highest BCUT2D eigenvalue weighted by Gasteiger charge is 2.19. The van der Waals surface area contributed by atoms with Gasteiger partial charge in [0, 0.05) is 26.2 Å². The van der Waals surface area contributed by atoms with Crippen molar-refractivity contribution in [2.24, 2.45) is 0 Å². The molecule has 3 aromatic rings. The molecule has 0 aliphatic rings. The molecule has 0 saturated carbocycles. The predicted molar refractivity (Wildman–Crippen MR) is 96.6 cm³/mol. The van der Waals surface area contributed by atoms with Crippen molar-refractivity contribution >= 4 is 28.2 Å². The van der Waals surface area contributed by atoms with E-state index in [2.05, 4.69) is 10.3 Å². The molecule has 0 aliphatic carbocycles. The van der Waals surface area contributed by atoms with Crippen molar-refractivity contribution in [2.75, 3.05) is 19.0 Å². The topological polar surface area (TPSA) is 120 Å². The number of hydrogen-bond donors (Lipinski definition) is 0. The van der Waals surface area contributed by atoms with Crippen LogP contribution < -0.4 is 10.5 Å². The van der Waals surface area contributed by atoms with Crippen molar-refractivity contribution in [3.8, 4) is 0 Å². The van der Waals surface area contributed by atoms with E-state index >= 15 is 0 Å². The van der Waals surface area contributed by atoms with Crippen molar-refractivity contribution in [1.82, 2.24) is 15.0 Å². The number of aromatic nitrogens is 3. The molecule has 0 fully saturated rings. The molecule has 0 aliphatic heterocycles. The number of hydrogen-bond acceptors (Lipinski definition) is 8. The maximum atomic E-state index is 12.5. The van der Waals surface area contributed by atoms with Gasteiger partial charge in [0.2, 0.25) is 0 Å². The number of nitrogens with zero attached hydrogens (tertiary/aromatic N) is 5. The van der Waals surface area contributed by atoms with Crippen LogP contribution in [-0.2, 0) is 11.5 Å². The Morgan fingerprint density at radius 2 is 2.00 bits per heavy atom. The fraction of sp³-hybridized carbons (Fsp3) is 0.176. The van der Waals surface area contributed by atoms with Crippen molar-refractivity contribution in [3.63, 3.8) is 0 Å². The fourth-order valence-corrected chi connectivity index (χ4v) is 2.50. The van der Waals surface area contributed by atoms with Gasteiger partial charge in [0.15, 0.2) is 6.73 Å². The molecule has 0 N–H and O–H groups in total. The first kappa shape index (κ1) is 18.0. The highest BCUT2D eigenvalue weighted by Crippen LogP contribution is 2.25. The number of nitro groups is 1.